The molecule has 1 amide bonds. The van der Waals surface area contributed by atoms with E-state index in [0.717, 1.165) is 5.56 Å². The number of benzene rings is 1. The summed E-state index contributed by atoms with van der Waals surface area (Å²) in [7, 11) is 1.65. The number of aliphatic hydroxyl groups is 1. The lowest BCUT2D eigenvalue weighted by Gasteiger charge is -2.28. The first-order valence-corrected chi connectivity index (χ1v) is 5.20. The van der Waals surface area contributed by atoms with Crippen LogP contribution in [-0.2, 0) is 4.79 Å². The lowest BCUT2D eigenvalue weighted by molar-refractivity contribution is -0.128. The minimum atomic E-state index is -0.685. The van der Waals surface area contributed by atoms with E-state index >= 15 is 0 Å². The molecule has 3 heteroatoms. The van der Waals surface area contributed by atoms with Crippen molar-refractivity contribution < 1.29 is 9.90 Å². The Morgan fingerprint density at radius 1 is 1.44 bits per heavy atom. The molecular weight excluding hydrogens is 202 g/mol. The predicted octanol–water partition coefficient (Wildman–Crippen LogP) is 1.75. The number of carbonyl (C=O) groups excluding carboxylic acids is 1. The van der Waals surface area contributed by atoms with Crippen molar-refractivity contribution >= 4 is 5.91 Å². The molecule has 0 bridgehead atoms. The summed E-state index contributed by atoms with van der Waals surface area (Å²) in [5.74, 6) is -0.192. The van der Waals surface area contributed by atoms with Crippen LogP contribution >= 0.6 is 0 Å². The molecule has 1 N–H and O–H groups in total. The predicted molar refractivity (Wildman–Crippen MR) is 63.8 cm³/mol. The summed E-state index contributed by atoms with van der Waals surface area (Å²) in [5.41, 5.74) is 0.804. The molecule has 2 unspecified atom stereocenters. The highest BCUT2D eigenvalue weighted by Crippen LogP contribution is 2.19. The van der Waals surface area contributed by atoms with E-state index in [1.807, 2.05) is 30.3 Å². The number of rotatable bonds is 4. The molecule has 2 atom stereocenters. The van der Waals surface area contributed by atoms with Crippen molar-refractivity contribution in [3.8, 4) is 0 Å². The van der Waals surface area contributed by atoms with Gasteiger partial charge in [-0.15, -0.1) is 0 Å². The van der Waals surface area contributed by atoms with Crippen LogP contribution in [0.15, 0.2) is 43.0 Å². The number of hydrogen-bond acceptors (Lipinski definition) is 2. The molecular formula is C13H17NO2. The average molecular weight is 219 g/mol. The number of carbonyl (C=O) groups is 1. The van der Waals surface area contributed by atoms with E-state index in [0.29, 0.717) is 0 Å². The summed E-state index contributed by atoms with van der Waals surface area (Å²) in [6.07, 6.45) is 0.559. The maximum Gasteiger partial charge on any atom is 0.246 e. The molecule has 0 heterocycles. The fourth-order valence-corrected chi connectivity index (χ4v) is 1.49. The first-order chi connectivity index (χ1) is 7.57. The maximum atomic E-state index is 11.4. The van der Waals surface area contributed by atoms with Gasteiger partial charge in [-0.1, -0.05) is 36.9 Å². The van der Waals surface area contributed by atoms with Gasteiger partial charge >= 0.3 is 0 Å². The molecule has 0 spiro atoms. The Balaban J connectivity index is 2.78. The van der Waals surface area contributed by atoms with Crippen LogP contribution in [0.25, 0.3) is 0 Å². The number of amides is 1. The Kier molecular flexibility index (Phi) is 4.26. The number of likely N-dealkylation sites (N-methyl/N-ethyl adjacent to an activating group) is 1. The fourth-order valence-electron chi connectivity index (χ4n) is 1.49. The minimum Gasteiger partial charge on any atom is -0.386 e. The summed E-state index contributed by atoms with van der Waals surface area (Å²) in [6, 6.07) is 9.01. The third-order valence-electron chi connectivity index (χ3n) is 2.73. The SMILES string of the molecule is C=CC(=O)N(C)C(C)C(O)c1ccccc1. The van der Waals surface area contributed by atoms with Crippen LogP contribution in [0.5, 0.6) is 0 Å². The molecule has 1 aromatic rings. The van der Waals surface area contributed by atoms with Gasteiger partial charge in [-0.25, -0.2) is 0 Å². The van der Waals surface area contributed by atoms with Crippen LogP contribution in [0.2, 0.25) is 0 Å². The monoisotopic (exact) mass is 219 g/mol. The third kappa shape index (κ3) is 2.70. The van der Waals surface area contributed by atoms with Crippen molar-refractivity contribution in [1.29, 1.82) is 0 Å². The third-order valence-corrected chi connectivity index (χ3v) is 2.73. The van der Waals surface area contributed by atoms with E-state index in [-0.39, 0.29) is 11.9 Å². The summed E-state index contributed by atoms with van der Waals surface area (Å²) in [4.78, 5) is 12.9. The first-order valence-electron chi connectivity index (χ1n) is 5.20. The zero-order valence-corrected chi connectivity index (χ0v) is 9.63. The summed E-state index contributed by atoms with van der Waals surface area (Å²) in [5, 5.41) is 10.1. The normalized spacial score (nSPS) is 13.9. The summed E-state index contributed by atoms with van der Waals surface area (Å²) < 4.78 is 0. The van der Waals surface area contributed by atoms with Gasteiger partial charge in [-0.2, -0.15) is 0 Å². The van der Waals surface area contributed by atoms with Crippen molar-refractivity contribution in [2.24, 2.45) is 0 Å². The summed E-state index contributed by atoms with van der Waals surface area (Å²) >= 11 is 0. The van der Waals surface area contributed by atoms with Crippen molar-refractivity contribution in [2.45, 2.75) is 19.1 Å². The van der Waals surface area contributed by atoms with Crippen LogP contribution in [0.3, 0.4) is 0 Å². The molecule has 1 aromatic carbocycles. The van der Waals surface area contributed by atoms with Gasteiger partial charge in [0, 0.05) is 7.05 Å². The van der Waals surface area contributed by atoms with Crippen LogP contribution < -0.4 is 0 Å². The maximum absolute atomic E-state index is 11.4. The molecule has 0 saturated heterocycles. The minimum absolute atomic E-state index is 0.192. The molecule has 0 aliphatic heterocycles. The zero-order valence-electron chi connectivity index (χ0n) is 9.63. The van der Waals surface area contributed by atoms with Crippen molar-refractivity contribution in [3.05, 3.63) is 48.6 Å². The van der Waals surface area contributed by atoms with Gasteiger partial charge in [0.2, 0.25) is 5.91 Å². The van der Waals surface area contributed by atoms with E-state index in [2.05, 4.69) is 6.58 Å². The van der Waals surface area contributed by atoms with Crippen LogP contribution in [0.4, 0.5) is 0 Å². The van der Waals surface area contributed by atoms with E-state index in [1.54, 1.807) is 14.0 Å². The Morgan fingerprint density at radius 2 is 2.00 bits per heavy atom. The Morgan fingerprint density at radius 3 is 2.50 bits per heavy atom. The fraction of sp³-hybridized carbons (Fsp3) is 0.308. The van der Waals surface area contributed by atoms with E-state index in [9.17, 15) is 9.90 Å². The molecule has 86 valence electrons. The highest BCUT2D eigenvalue weighted by Gasteiger charge is 2.22. The lowest BCUT2D eigenvalue weighted by atomic mass is 10.0. The van der Waals surface area contributed by atoms with Gasteiger partial charge in [0.1, 0.15) is 0 Å². The zero-order chi connectivity index (χ0) is 12.1. The van der Waals surface area contributed by atoms with Gasteiger partial charge in [0.15, 0.2) is 0 Å². The van der Waals surface area contributed by atoms with E-state index in [1.165, 1.54) is 11.0 Å². The molecule has 0 fully saturated rings. The van der Waals surface area contributed by atoms with Gasteiger partial charge in [0.25, 0.3) is 0 Å². The second kappa shape index (κ2) is 5.47. The van der Waals surface area contributed by atoms with Crippen molar-refractivity contribution in [2.75, 3.05) is 7.05 Å². The highest BCUT2D eigenvalue weighted by molar-refractivity contribution is 5.87. The number of nitrogens with zero attached hydrogens (tertiary/aromatic N) is 1. The molecule has 0 aliphatic carbocycles. The van der Waals surface area contributed by atoms with E-state index in [4.69, 9.17) is 0 Å². The van der Waals surface area contributed by atoms with Crippen molar-refractivity contribution in [3.63, 3.8) is 0 Å². The highest BCUT2D eigenvalue weighted by atomic mass is 16.3. The van der Waals surface area contributed by atoms with Gasteiger partial charge in [0.05, 0.1) is 12.1 Å². The Labute approximate surface area is 96.0 Å². The average Bonchev–Trinajstić information content (AvgIpc) is 2.36. The topological polar surface area (TPSA) is 40.5 Å². The van der Waals surface area contributed by atoms with Gasteiger partial charge < -0.3 is 10.0 Å². The second-order valence-corrected chi connectivity index (χ2v) is 3.75. The van der Waals surface area contributed by atoms with Crippen molar-refractivity contribution in [1.82, 2.24) is 4.90 Å². The van der Waals surface area contributed by atoms with Crippen LogP contribution in [0, 0.1) is 0 Å². The molecule has 0 radical (unpaired) electrons. The van der Waals surface area contributed by atoms with Gasteiger partial charge in [-0.05, 0) is 18.6 Å². The van der Waals surface area contributed by atoms with Crippen LogP contribution in [0.1, 0.15) is 18.6 Å². The molecule has 0 aromatic heterocycles. The smallest absolute Gasteiger partial charge is 0.246 e. The molecule has 16 heavy (non-hydrogen) atoms. The number of aliphatic hydroxyl groups excluding tert-OH is 1. The molecule has 3 nitrogen and oxygen atoms in total. The molecule has 0 saturated carbocycles. The van der Waals surface area contributed by atoms with E-state index < -0.39 is 6.10 Å². The van der Waals surface area contributed by atoms with Crippen LogP contribution in [-0.4, -0.2) is 29.0 Å². The van der Waals surface area contributed by atoms with Gasteiger partial charge in [-0.3, -0.25) is 4.79 Å². The first kappa shape index (κ1) is 12.5. The largest absolute Gasteiger partial charge is 0.386 e. The number of hydrogen-bond donors (Lipinski definition) is 1. The Bertz CT molecular complexity index is 361. The molecule has 0 aliphatic rings. The summed E-state index contributed by atoms with van der Waals surface area (Å²) in [6.45, 7) is 5.23. The molecule has 1 rings (SSSR count). The lowest BCUT2D eigenvalue weighted by Crippen LogP contribution is -2.38. The Hall–Kier alpha value is -1.61. The quantitative estimate of drug-likeness (QED) is 0.784. The second-order valence-electron chi connectivity index (χ2n) is 3.75. The standard InChI is InChI=1S/C13H17NO2/c1-4-12(15)14(3)10(2)13(16)11-8-6-5-7-9-11/h4-10,13,16H,1H2,2-3H3.